The summed E-state index contributed by atoms with van der Waals surface area (Å²) in [6.07, 6.45) is 9.26. The summed E-state index contributed by atoms with van der Waals surface area (Å²) in [5.41, 5.74) is 0.154. The first-order valence-corrected chi connectivity index (χ1v) is 8.05. The van der Waals surface area contributed by atoms with Crippen LogP contribution in [0.5, 0.6) is 0 Å². The molecule has 0 radical (unpaired) electrons. The zero-order valence-corrected chi connectivity index (χ0v) is 13.5. The van der Waals surface area contributed by atoms with Crippen molar-refractivity contribution in [1.82, 2.24) is 0 Å². The Kier molecular flexibility index (Phi) is 7.50. The molecule has 0 spiro atoms. The van der Waals surface area contributed by atoms with Gasteiger partial charge in [0.25, 0.3) is 0 Å². The molecular weight excluding hydrogens is 292 g/mol. The quantitative estimate of drug-likeness (QED) is 0.656. The third-order valence-corrected chi connectivity index (χ3v) is 3.93. The van der Waals surface area contributed by atoms with Crippen LogP contribution >= 0.6 is 15.9 Å². The summed E-state index contributed by atoms with van der Waals surface area (Å²) in [7, 11) is 0. The molecule has 0 aromatic rings. The average molecular weight is 319 g/mol. The SMILES string of the molecule is CCCCC(C)(C)C(/C=C/Br)OC1CCCCO1. The van der Waals surface area contributed by atoms with Gasteiger partial charge in [-0.05, 0) is 42.2 Å². The summed E-state index contributed by atoms with van der Waals surface area (Å²) < 4.78 is 11.8. The Morgan fingerprint density at radius 1 is 1.44 bits per heavy atom. The Hall–Kier alpha value is 0.140. The lowest BCUT2D eigenvalue weighted by molar-refractivity contribution is -0.197. The van der Waals surface area contributed by atoms with E-state index in [1.165, 1.54) is 25.7 Å². The second-order valence-corrected chi connectivity index (χ2v) is 6.29. The summed E-state index contributed by atoms with van der Waals surface area (Å²) in [5, 5.41) is 0. The van der Waals surface area contributed by atoms with Gasteiger partial charge in [0.1, 0.15) is 0 Å². The minimum absolute atomic E-state index is 0.0200. The maximum absolute atomic E-state index is 6.15. The fourth-order valence-electron chi connectivity index (χ4n) is 2.31. The standard InChI is InChI=1S/C15H27BrO2/c1-4-5-10-15(2,3)13(9-11-16)18-14-8-6-7-12-17-14/h9,11,13-14H,4-8,10,12H2,1-3H3/b11-9+. The number of rotatable bonds is 7. The Bertz CT molecular complexity index is 245. The lowest BCUT2D eigenvalue weighted by Gasteiger charge is -2.36. The Labute approximate surface area is 120 Å². The molecule has 3 heteroatoms. The minimum Gasteiger partial charge on any atom is -0.353 e. The Balaban J connectivity index is 2.56. The van der Waals surface area contributed by atoms with Gasteiger partial charge in [-0.2, -0.15) is 0 Å². The summed E-state index contributed by atoms with van der Waals surface area (Å²) in [5.74, 6) is 0. The first-order valence-electron chi connectivity index (χ1n) is 7.14. The number of ether oxygens (including phenoxy) is 2. The van der Waals surface area contributed by atoms with Gasteiger partial charge in [0, 0.05) is 6.61 Å². The fraction of sp³-hybridized carbons (Fsp3) is 0.867. The normalized spacial score (nSPS) is 23.4. The number of hydrogen-bond acceptors (Lipinski definition) is 2. The van der Waals surface area contributed by atoms with Crippen LogP contribution in [-0.2, 0) is 9.47 Å². The molecule has 0 bridgehead atoms. The monoisotopic (exact) mass is 318 g/mol. The van der Waals surface area contributed by atoms with Gasteiger partial charge in [-0.3, -0.25) is 0 Å². The van der Waals surface area contributed by atoms with Crippen LogP contribution in [0.2, 0.25) is 0 Å². The molecule has 2 unspecified atom stereocenters. The molecule has 2 atom stereocenters. The molecule has 1 heterocycles. The molecule has 0 aromatic heterocycles. The van der Waals surface area contributed by atoms with Crippen LogP contribution in [0.4, 0.5) is 0 Å². The lowest BCUT2D eigenvalue weighted by Crippen LogP contribution is -2.36. The Morgan fingerprint density at radius 3 is 2.78 bits per heavy atom. The maximum atomic E-state index is 6.15. The largest absolute Gasteiger partial charge is 0.353 e. The fourth-order valence-corrected chi connectivity index (χ4v) is 2.59. The average Bonchev–Trinajstić information content (AvgIpc) is 2.37. The summed E-state index contributed by atoms with van der Waals surface area (Å²) in [4.78, 5) is 1.91. The van der Waals surface area contributed by atoms with E-state index in [0.717, 1.165) is 19.4 Å². The highest BCUT2D eigenvalue weighted by Gasteiger charge is 2.30. The topological polar surface area (TPSA) is 18.5 Å². The van der Waals surface area contributed by atoms with Crippen molar-refractivity contribution in [2.24, 2.45) is 5.41 Å². The van der Waals surface area contributed by atoms with Gasteiger partial charge >= 0.3 is 0 Å². The van der Waals surface area contributed by atoms with Gasteiger partial charge in [-0.15, -0.1) is 0 Å². The van der Waals surface area contributed by atoms with Gasteiger partial charge < -0.3 is 9.47 Å². The molecule has 106 valence electrons. The van der Waals surface area contributed by atoms with Gasteiger partial charge in [-0.1, -0.05) is 49.5 Å². The third kappa shape index (κ3) is 5.41. The molecule has 0 aromatic carbocycles. The second kappa shape index (κ2) is 8.34. The van der Waals surface area contributed by atoms with Crippen molar-refractivity contribution in [2.45, 2.75) is 71.7 Å². The van der Waals surface area contributed by atoms with E-state index in [-0.39, 0.29) is 17.8 Å². The molecule has 1 fully saturated rings. The van der Waals surface area contributed by atoms with Crippen LogP contribution in [0, 0.1) is 5.41 Å². The van der Waals surface area contributed by atoms with E-state index in [1.54, 1.807) is 0 Å². The number of unbranched alkanes of at least 4 members (excludes halogenated alkanes) is 1. The van der Waals surface area contributed by atoms with Gasteiger partial charge in [0.05, 0.1) is 6.10 Å². The Morgan fingerprint density at radius 2 is 2.22 bits per heavy atom. The maximum Gasteiger partial charge on any atom is 0.158 e. The summed E-state index contributed by atoms with van der Waals surface area (Å²) in [6.45, 7) is 7.63. The van der Waals surface area contributed by atoms with Crippen LogP contribution in [-0.4, -0.2) is 19.0 Å². The van der Waals surface area contributed by atoms with Crippen molar-refractivity contribution < 1.29 is 9.47 Å². The predicted molar refractivity (Wildman–Crippen MR) is 79.8 cm³/mol. The van der Waals surface area contributed by atoms with Crippen LogP contribution in [0.25, 0.3) is 0 Å². The zero-order chi connectivity index (χ0) is 13.4. The van der Waals surface area contributed by atoms with Crippen LogP contribution < -0.4 is 0 Å². The van der Waals surface area contributed by atoms with Crippen molar-refractivity contribution >= 4 is 15.9 Å². The highest BCUT2D eigenvalue weighted by Crippen LogP contribution is 2.33. The van der Waals surface area contributed by atoms with E-state index in [2.05, 4.69) is 42.8 Å². The van der Waals surface area contributed by atoms with Crippen LogP contribution in [0.3, 0.4) is 0 Å². The van der Waals surface area contributed by atoms with Crippen molar-refractivity contribution in [2.75, 3.05) is 6.61 Å². The first-order chi connectivity index (χ1) is 8.60. The molecule has 0 saturated carbocycles. The molecule has 1 saturated heterocycles. The molecule has 2 nitrogen and oxygen atoms in total. The molecular formula is C15H27BrO2. The molecule has 1 rings (SSSR count). The van der Waals surface area contributed by atoms with E-state index in [1.807, 2.05) is 4.99 Å². The van der Waals surface area contributed by atoms with E-state index < -0.39 is 0 Å². The number of halogens is 1. The van der Waals surface area contributed by atoms with Crippen molar-refractivity contribution in [1.29, 1.82) is 0 Å². The van der Waals surface area contributed by atoms with Crippen molar-refractivity contribution in [3.05, 3.63) is 11.1 Å². The smallest absolute Gasteiger partial charge is 0.158 e. The van der Waals surface area contributed by atoms with E-state index in [9.17, 15) is 0 Å². The molecule has 0 N–H and O–H groups in total. The molecule has 0 aliphatic carbocycles. The predicted octanol–water partition coefficient (Wildman–Crippen LogP) is 5.02. The van der Waals surface area contributed by atoms with Crippen molar-refractivity contribution in [3.63, 3.8) is 0 Å². The zero-order valence-electron chi connectivity index (χ0n) is 12.0. The minimum atomic E-state index is -0.0200. The molecule has 0 amide bonds. The van der Waals surface area contributed by atoms with Gasteiger partial charge in [0.2, 0.25) is 0 Å². The van der Waals surface area contributed by atoms with E-state index in [4.69, 9.17) is 9.47 Å². The van der Waals surface area contributed by atoms with Crippen molar-refractivity contribution in [3.8, 4) is 0 Å². The third-order valence-electron chi connectivity index (χ3n) is 3.63. The van der Waals surface area contributed by atoms with Gasteiger partial charge in [-0.25, -0.2) is 0 Å². The van der Waals surface area contributed by atoms with E-state index >= 15 is 0 Å². The highest BCUT2D eigenvalue weighted by molar-refractivity contribution is 9.11. The summed E-state index contributed by atoms with van der Waals surface area (Å²) >= 11 is 3.37. The van der Waals surface area contributed by atoms with Crippen LogP contribution in [0.1, 0.15) is 59.3 Å². The first kappa shape index (κ1) is 16.2. The molecule has 1 aliphatic rings. The van der Waals surface area contributed by atoms with E-state index in [0.29, 0.717) is 0 Å². The van der Waals surface area contributed by atoms with Gasteiger partial charge in [0.15, 0.2) is 6.29 Å². The second-order valence-electron chi connectivity index (χ2n) is 5.76. The van der Waals surface area contributed by atoms with Crippen LogP contribution in [0.15, 0.2) is 11.1 Å². The highest BCUT2D eigenvalue weighted by atomic mass is 79.9. The molecule has 18 heavy (non-hydrogen) atoms. The summed E-state index contributed by atoms with van der Waals surface area (Å²) in [6, 6.07) is 0. The molecule has 1 aliphatic heterocycles. The lowest BCUT2D eigenvalue weighted by atomic mass is 9.81. The number of hydrogen-bond donors (Lipinski definition) is 0.